The number of ether oxygens (including phenoxy) is 1. The van der Waals surface area contributed by atoms with E-state index in [0.717, 1.165) is 10.8 Å². The summed E-state index contributed by atoms with van der Waals surface area (Å²) in [6, 6.07) is 11.4. The van der Waals surface area contributed by atoms with Crippen molar-refractivity contribution in [2.45, 2.75) is 0 Å². The summed E-state index contributed by atoms with van der Waals surface area (Å²) in [5, 5.41) is 5.59. The van der Waals surface area contributed by atoms with E-state index in [4.69, 9.17) is 10.3 Å². The molecule has 0 N–H and O–H groups in total. The molecule has 0 aromatic heterocycles. The van der Waals surface area contributed by atoms with Gasteiger partial charge in [-0.05, 0) is 22.4 Å². The zero-order valence-electron chi connectivity index (χ0n) is 8.21. The Morgan fingerprint density at radius 1 is 1.20 bits per heavy atom. The normalized spacial score (nSPS) is 9.67. The van der Waals surface area contributed by atoms with Crippen LogP contribution < -0.4 is 4.74 Å². The molecule has 2 aromatic rings. The summed E-state index contributed by atoms with van der Waals surface area (Å²) < 4.78 is 5.14. The van der Waals surface area contributed by atoms with Crippen LogP contribution in [0.1, 0.15) is 0 Å². The van der Waals surface area contributed by atoms with Crippen LogP contribution in [0, 0.1) is 0 Å². The zero-order valence-corrected chi connectivity index (χ0v) is 8.21. The Hall–Kier alpha value is -2.19. The molecule has 0 aliphatic heterocycles. The first kappa shape index (κ1) is 9.37. The summed E-state index contributed by atoms with van der Waals surface area (Å²) in [6.07, 6.45) is 0. The maximum Gasteiger partial charge on any atom is 0.129 e. The van der Waals surface area contributed by atoms with Crippen molar-refractivity contribution in [3.8, 4) is 5.75 Å². The molecular formula is C11H9N3O. The number of nitrogens with zero attached hydrogens (tertiary/aromatic N) is 3. The Labute approximate surface area is 86.7 Å². The largest absolute Gasteiger partial charge is 0.496 e. The van der Waals surface area contributed by atoms with Crippen LogP contribution in [0.5, 0.6) is 5.75 Å². The van der Waals surface area contributed by atoms with E-state index >= 15 is 0 Å². The lowest BCUT2D eigenvalue weighted by Crippen LogP contribution is -1.83. The maximum absolute atomic E-state index is 8.50. The van der Waals surface area contributed by atoms with E-state index in [9.17, 15) is 0 Å². The van der Waals surface area contributed by atoms with Gasteiger partial charge in [-0.2, -0.15) is 0 Å². The van der Waals surface area contributed by atoms with Gasteiger partial charge >= 0.3 is 0 Å². The molecule has 15 heavy (non-hydrogen) atoms. The number of azide groups is 1. The lowest BCUT2D eigenvalue weighted by Gasteiger charge is -2.06. The van der Waals surface area contributed by atoms with Gasteiger partial charge in [0.25, 0.3) is 0 Å². The van der Waals surface area contributed by atoms with Gasteiger partial charge in [0.1, 0.15) is 5.75 Å². The van der Waals surface area contributed by atoms with Gasteiger partial charge in [0.05, 0.1) is 12.8 Å². The number of benzene rings is 2. The van der Waals surface area contributed by atoms with Crippen molar-refractivity contribution in [2.75, 3.05) is 7.11 Å². The number of methoxy groups -OCH3 is 1. The van der Waals surface area contributed by atoms with Crippen molar-refractivity contribution in [3.63, 3.8) is 0 Å². The van der Waals surface area contributed by atoms with Crippen molar-refractivity contribution in [1.29, 1.82) is 0 Å². The summed E-state index contributed by atoms with van der Waals surface area (Å²) in [5.41, 5.74) is 9.04. The Bertz CT molecular complexity index is 545. The predicted octanol–water partition coefficient (Wildman–Crippen LogP) is 3.79. The molecule has 0 radical (unpaired) electrons. The van der Waals surface area contributed by atoms with Crippen LogP contribution in [0.3, 0.4) is 0 Å². The highest BCUT2D eigenvalue weighted by Crippen LogP contribution is 2.35. The second kappa shape index (κ2) is 3.90. The van der Waals surface area contributed by atoms with E-state index in [2.05, 4.69) is 10.0 Å². The molecule has 0 heterocycles. The van der Waals surface area contributed by atoms with Crippen molar-refractivity contribution in [2.24, 2.45) is 5.11 Å². The zero-order chi connectivity index (χ0) is 10.7. The molecule has 0 saturated carbocycles. The summed E-state index contributed by atoms with van der Waals surface area (Å²) in [6.45, 7) is 0. The van der Waals surface area contributed by atoms with Crippen LogP contribution >= 0.6 is 0 Å². The van der Waals surface area contributed by atoms with E-state index in [1.807, 2.05) is 30.3 Å². The van der Waals surface area contributed by atoms with E-state index in [0.29, 0.717) is 11.4 Å². The summed E-state index contributed by atoms with van der Waals surface area (Å²) in [7, 11) is 1.56. The van der Waals surface area contributed by atoms with Crippen LogP contribution in [0.2, 0.25) is 0 Å². The second-order valence-corrected chi connectivity index (χ2v) is 3.03. The Kier molecular flexibility index (Phi) is 2.44. The van der Waals surface area contributed by atoms with Gasteiger partial charge in [0.2, 0.25) is 0 Å². The molecule has 0 unspecified atom stereocenters. The van der Waals surface area contributed by atoms with Gasteiger partial charge in [-0.1, -0.05) is 35.4 Å². The Morgan fingerprint density at radius 2 is 2.00 bits per heavy atom. The molecule has 0 aliphatic carbocycles. The van der Waals surface area contributed by atoms with Crippen molar-refractivity contribution >= 4 is 16.5 Å². The Balaban J connectivity index is 2.84. The monoisotopic (exact) mass is 199 g/mol. The number of hydrogen-bond acceptors (Lipinski definition) is 2. The van der Waals surface area contributed by atoms with Crippen LogP contribution in [0.25, 0.3) is 21.2 Å². The van der Waals surface area contributed by atoms with Gasteiger partial charge in [0, 0.05) is 4.91 Å². The smallest absolute Gasteiger partial charge is 0.129 e. The molecule has 2 rings (SSSR count). The molecule has 0 fully saturated rings. The second-order valence-electron chi connectivity index (χ2n) is 3.03. The van der Waals surface area contributed by atoms with E-state index in [1.165, 1.54) is 0 Å². The first-order chi connectivity index (χ1) is 7.36. The van der Waals surface area contributed by atoms with Crippen molar-refractivity contribution < 1.29 is 4.74 Å². The number of rotatable bonds is 2. The first-order valence-electron chi connectivity index (χ1n) is 4.47. The minimum absolute atomic E-state index is 0.540. The summed E-state index contributed by atoms with van der Waals surface area (Å²) >= 11 is 0. The number of fused-ring (bicyclic) bond motifs is 1. The van der Waals surface area contributed by atoms with Crippen LogP contribution in [0.4, 0.5) is 5.69 Å². The lowest BCUT2D eigenvalue weighted by molar-refractivity contribution is 0.416. The van der Waals surface area contributed by atoms with Crippen LogP contribution in [0.15, 0.2) is 41.5 Å². The topological polar surface area (TPSA) is 58.0 Å². The van der Waals surface area contributed by atoms with Crippen LogP contribution in [-0.4, -0.2) is 7.11 Å². The molecule has 0 bridgehead atoms. The third-order valence-corrected chi connectivity index (χ3v) is 2.23. The standard InChI is InChI=1S/C11H9N3O/c1-15-10-7-6-8-4-2-3-5-9(8)11(10)13-14-12/h2-7H,1H3. The van der Waals surface area contributed by atoms with Crippen molar-refractivity contribution in [1.82, 2.24) is 0 Å². The minimum atomic E-state index is 0.540. The molecule has 2 aromatic carbocycles. The average Bonchev–Trinajstić information content (AvgIpc) is 2.30. The molecule has 4 heteroatoms. The molecule has 4 nitrogen and oxygen atoms in total. The highest BCUT2D eigenvalue weighted by Gasteiger charge is 2.05. The highest BCUT2D eigenvalue weighted by atomic mass is 16.5. The van der Waals surface area contributed by atoms with E-state index in [1.54, 1.807) is 13.2 Å². The molecule has 74 valence electrons. The fraction of sp³-hybridized carbons (Fsp3) is 0.0909. The minimum Gasteiger partial charge on any atom is -0.496 e. The third-order valence-electron chi connectivity index (χ3n) is 2.23. The van der Waals surface area contributed by atoms with E-state index in [-0.39, 0.29) is 0 Å². The first-order valence-corrected chi connectivity index (χ1v) is 4.47. The van der Waals surface area contributed by atoms with Crippen LogP contribution in [-0.2, 0) is 0 Å². The Morgan fingerprint density at radius 3 is 2.73 bits per heavy atom. The van der Waals surface area contributed by atoms with Gasteiger partial charge in [-0.15, -0.1) is 0 Å². The molecule has 0 saturated heterocycles. The third kappa shape index (κ3) is 1.58. The SMILES string of the molecule is COc1ccc2ccccc2c1N=[N+]=[N-]. The fourth-order valence-corrected chi connectivity index (χ4v) is 1.55. The molecule has 0 aliphatic rings. The predicted molar refractivity (Wildman–Crippen MR) is 59.3 cm³/mol. The molecular weight excluding hydrogens is 190 g/mol. The van der Waals surface area contributed by atoms with E-state index < -0.39 is 0 Å². The molecule has 0 atom stereocenters. The quantitative estimate of drug-likeness (QED) is 0.412. The lowest BCUT2D eigenvalue weighted by atomic mass is 10.1. The number of hydrogen-bond donors (Lipinski definition) is 0. The summed E-state index contributed by atoms with van der Waals surface area (Å²) in [4.78, 5) is 2.81. The van der Waals surface area contributed by atoms with Crippen molar-refractivity contribution in [3.05, 3.63) is 46.8 Å². The summed E-state index contributed by atoms with van der Waals surface area (Å²) in [5.74, 6) is 0.589. The van der Waals surface area contributed by atoms with Gasteiger partial charge in [-0.25, -0.2) is 0 Å². The fourth-order valence-electron chi connectivity index (χ4n) is 1.55. The highest BCUT2D eigenvalue weighted by molar-refractivity contribution is 5.95. The maximum atomic E-state index is 8.50. The van der Waals surface area contributed by atoms with Gasteiger partial charge in [0.15, 0.2) is 0 Å². The molecule has 0 amide bonds. The van der Waals surface area contributed by atoms with Gasteiger partial charge in [-0.3, -0.25) is 0 Å². The molecule has 0 spiro atoms. The van der Waals surface area contributed by atoms with Gasteiger partial charge < -0.3 is 4.74 Å². The average molecular weight is 199 g/mol.